The molecular weight excluding hydrogens is 490 g/mol. The van der Waals surface area contributed by atoms with Crippen LogP contribution in [0, 0.1) is 0 Å². The van der Waals surface area contributed by atoms with Crippen LogP contribution in [0.3, 0.4) is 0 Å². The van der Waals surface area contributed by atoms with Crippen LogP contribution in [0.5, 0.6) is 0 Å². The Morgan fingerprint density at radius 2 is 1.69 bits per heavy atom. The predicted octanol–water partition coefficient (Wildman–Crippen LogP) is 4.69. The molecule has 1 aliphatic heterocycles. The number of piperazine rings is 1. The molecule has 0 atom stereocenters. The van der Waals surface area contributed by atoms with Gasteiger partial charge in [0.15, 0.2) is 11.2 Å². The van der Waals surface area contributed by atoms with E-state index in [-0.39, 0.29) is 6.04 Å². The molecule has 3 aromatic heterocycles. The Morgan fingerprint density at radius 1 is 0.923 bits per heavy atom. The minimum absolute atomic E-state index is 0.287. The fourth-order valence-corrected chi connectivity index (χ4v) is 6.08. The number of nitrogens with two attached hydrogens (primary N) is 1. The molecule has 4 heterocycles. The number of fused-ring (bicyclic) bond motifs is 2. The molecule has 39 heavy (non-hydrogen) atoms. The van der Waals surface area contributed by atoms with Gasteiger partial charge in [-0.3, -0.25) is 4.90 Å². The minimum atomic E-state index is 0.287. The fraction of sp³-hybridized carbons (Fsp3) is 0.379. The first-order valence-electron chi connectivity index (χ1n) is 13.8. The summed E-state index contributed by atoms with van der Waals surface area (Å²) >= 11 is 0. The molecule has 3 N–H and O–H groups in total. The molecule has 2 aromatic carbocycles. The number of oxazole rings is 1. The number of para-hydroxylation sites is 1. The maximum Gasteiger partial charge on any atom is 0.300 e. The van der Waals surface area contributed by atoms with Gasteiger partial charge in [-0.25, -0.2) is 14.6 Å². The van der Waals surface area contributed by atoms with Gasteiger partial charge >= 0.3 is 0 Å². The van der Waals surface area contributed by atoms with Crippen molar-refractivity contribution in [3.63, 3.8) is 0 Å². The first-order chi connectivity index (χ1) is 19.1. The normalized spacial score (nSPS) is 21.1. The van der Waals surface area contributed by atoms with Crippen molar-refractivity contribution in [3.8, 4) is 11.3 Å². The zero-order chi connectivity index (χ0) is 26.3. The number of anilines is 3. The lowest BCUT2D eigenvalue weighted by Gasteiger charge is -2.41. The number of aromatic nitrogens is 5. The molecule has 7 rings (SSSR count). The summed E-state index contributed by atoms with van der Waals surface area (Å²) in [5.74, 6) is 0.441. The van der Waals surface area contributed by atoms with Crippen molar-refractivity contribution in [2.24, 2.45) is 0 Å². The summed E-state index contributed by atoms with van der Waals surface area (Å²) in [6.07, 6.45) is 6.04. The Balaban J connectivity index is 1.17. The number of rotatable bonds is 5. The monoisotopic (exact) mass is 523 g/mol. The molecule has 0 radical (unpaired) electrons. The van der Waals surface area contributed by atoms with Gasteiger partial charge in [0.2, 0.25) is 0 Å². The van der Waals surface area contributed by atoms with Gasteiger partial charge in [0.05, 0.1) is 11.4 Å². The lowest BCUT2D eigenvalue weighted by molar-refractivity contribution is 0.0815. The van der Waals surface area contributed by atoms with Crippen LogP contribution in [-0.4, -0.2) is 73.8 Å². The Labute approximate surface area is 226 Å². The standard InChI is InChI=1S/C29H33N9O/c1-36-13-15-37(16-14-36)21-8-10-22(11-9-21)38-28-25(27(30)31-18-32-28)26(35-38)19-7-12-23-24(17-19)39-29(34-23)33-20-5-3-2-4-6-20/h2-7,12,17-18,21-22H,8-11,13-16H2,1H3,(H,33,34)(H2,30,31,32)/t21-,22-. The molecule has 0 bridgehead atoms. The Kier molecular flexibility index (Phi) is 6.13. The Bertz CT molecular complexity index is 1600. The number of likely N-dealkylation sites (N-methyl/N-ethyl adjacent to an activating group) is 1. The molecule has 0 spiro atoms. The SMILES string of the molecule is CN1CCN([C@H]2CC[C@H](n3nc(-c4ccc5nc(Nc6ccccc6)oc5c4)c4c(N)ncnc43)CC2)CC1. The lowest BCUT2D eigenvalue weighted by Crippen LogP contribution is -2.49. The second-order valence-corrected chi connectivity index (χ2v) is 10.7. The zero-order valence-electron chi connectivity index (χ0n) is 22.1. The van der Waals surface area contributed by atoms with Gasteiger partial charge in [0, 0.05) is 43.5 Å². The number of hydrogen-bond donors (Lipinski definition) is 2. The maximum absolute atomic E-state index is 6.41. The van der Waals surface area contributed by atoms with Gasteiger partial charge in [0.1, 0.15) is 23.4 Å². The van der Waals surface area contributed by atoms with Crippen molar-refractivity contribution >= 4 is 39.7 Å². The van der Waals surface area contributed by atoms with E-state index in [4.69, 9.17) is 15.2 Å². The number of nitrogens with zero attached hydrogens (tertiary/aromatic N) is 7. The third-order valence-corrected chi connectivity index (χ3v) is 8.27. The van der Waals surface area contributed by atoms with Gasteiger partial charge in [-0.15, -0.1) is 0 Å². The van der Waals surface area contributed by atoms with Crippen LogP contribution in [0.15, 0.2) is 59.3 Å². The van der Waals surface area contributed by atoms with Crippen molar-refractivity contribution < 1.29 is 4.42 Å². The summed E-state index contributed by atoms with van der Waals surface area (Å²) in [6, 6.07) is 17.2. The predicted molar refractivity (Wildman–Crippen MR) is 153 cm³/mol. The average Bonchev–Trinajstić information content (AvgIpc) is 3.56. The zero-order valence-corrected chi connectivity index (χ0v) is 22.1. The summed E-state index contributed by atoms with van der Waals surface area (Å²) in [7, 11) is 2.21. The number of benzene rings is 2. The van der Waals surface area contributed by atoms with Gasteiger partial charge < -0.3 is 20.4 Å². The molecule has 0 amide bonds. The number of nitrogens with one attached hydrogen (secondary N) is 1. The van der Waals surface area contributed by atoms with E-state index in [1.807, 2.05) is 48.5 Å². The molecule has 5 aromatic rings. The van der Waals surface area contributed by atoms with E-state index in [2.05, 4.69) is 41.8 Å². The third kappa shape index (κ3) is 4.59. The van der Waals surface area contributed by atoms with Gasteiger partial charge in [0.25, 0.3) is 6.01 Å². The first kappa shape index (κ1) is 24.1. The van der Waals surface area contributed by atoms with Crippen molar-refractivity contribution in [1.82, 2.24) is 34.5 Å². The second kappa shape index (κ2) is 9.94. The second-order valence-electron chi connectivity index (χ2n) is 10.7. The Morgan fingerprint density at radius 3 is 2.49 bits per heavy atom. The van der Waals surface area contributed by atoms with E-state index in [9.17, 15) is 0 Å². The van der Waals surface area contributed by atoms with E-state index in [0.29, 0.717) is 23.5 Å². The van der Waals surface area contributed by atoms with Gasteiger partial charge in [-0.05, 0) is 57.0 Å². The van der Waals surface area contributed by atoms with Crippen LogP contribution in [0.25, 0.3) is 33.4 Å². The quantitative estimate of drug-likeness (QED) is 0.338. The van der Waals surface area contributed by atoms with Crippen molar-refractivity contribution in [3.05, 3.63) is 54.9 Å². The van der Waals surface area contributed by atoms with E-state index in [1.165, 1.54) is 19.2 Å². The highest BCUT2D eigenvalue weighted by molar-refractivity contribution is 5.99. The Hall–Kier alpha value is -4.02. The number of nitrogen functional groups attached to an aromatic ring is 1. The van der Waals surface area contributed by atoms with Crippen LogP contribution in [0.1, 0.15) is 31.7 Å². The number of hydrogen-bond acceptors (Lipinski definition) is 9. The molecule has 1 saturated carbocycles. The van der Waals surface area contributed by atoms with Crippen molar-refractivity contribution in [1.29, 1.82) is 0 Å². The summed E-state index contributed by atoms with van der Waals surface area (Å²) in [4.78, 5) is 18.6. The van der Waals surface area contributed by atoms with Crippen LogP contribution >= 0.6 is 0 Å². The molecule has 2 aliphatic rings. The fourth-order valence-electron chi connectivity index (χ4n) is 6.08. The lowest BCUT2D eigenvalue weighted by atomic mass is 9.90. The van der Waals surface area contributed by atoms with Crippen LogP contribution in [0.2, 0.25) is 0 Å². The largest absolute Gasteiger partial charge is 0.423 e. The molecule has 200 valence electrons. The summed E-state index contributed by atoms with van der Waals surface area (Å²) in [5.41, 5.74) is 11.3. The third-order valence-electron chi connectivity index (χ3n) is 8.27. The highest BCUT2D eigenvalue weighted by Crippen LogP contribution is 2.38. The molecular formula is C29H33N9O. The highest BCUT2D eigenvalue weighted by Gasteiger charge is 2.30. The molecule has 2 fully saturated rings. The minimum Gasteiger partial charge on any atom is -0.423 e. The topological polar surface area (TPSA) is 114 Å². The van der Waals surface area contributed by atoms with Crippen LogP contribution in [-0.2, 0) is 0 Å². The van der Waals surface area contributed by atoms with Gasteiger partial charge in [-0.2, -0.15) is 10.1 Å². The molecule has 1 saturated heterocycles. The van der Waals surface area contributed by atoms with E-state index in [1.54, 1.807) is 0 Å². The van der Waals surface area contributed by atoms with Crippen LogP contribution < -0.4 is 11.1 Å². The van der Waals surface area contributed by atoms with E-state index in [0.717, 1.165) is 72.5 Å². The van der Waals surface area contributed by atoms with E-state index >= 15 is 0 Å². The average molecular weight is 524 g/mol. The van der Waals surface area contributed by atoms with Gasteiger partial charge in [-0.1, -0.05) is 24.3 Å². The molecule has 10 nitrogen and oxygen atoms in total. The smallest absolute Gasteiger partial charge is 0.300 e. The van der Waals surface area contributed by atoms with Crippen molar-refractivity contribution in [2.75, 3.05) is 44.3 Å². The molecule has 1 aliphatic carbocycles. The molecule has 10 heteroatoms. The van der Waals surface area contributed by atoms with Crippen molar-refractivity contribution in [2.45, 2.75) is 37.8 Å². The maximum atomic E-state index is 6.41. The van der Waals surface area contributed by atoms with Crippen LogP contribution in [0.4, 0.5) is 17.5 Å². The molecule has 0 unspecified atom stereocenters. The first-order valence-corrected chi connectivity index (χ1v) is 13.8. The highest BCUT2D eigenvalue weighted by atomic mass is 16.4. The summed E-state index contributed by atoms with van der Waals surface area (Å²) in [5, 5.41) is 9.13. The summed E-state index contributed by atoms with van der Waals surface area (Å²) in [6.45, 7) is 4.64. The summed E-state index contributed by atoms with van der Waals surface area (Å²) < 4.78 is 8.14. The van der Waals surface area contributed by atoms with E-state index < -0.39 is 0 Å².